The van der Waals surface area contributed by atoms with Gasteiger partial charge in [-0.05, 0) is 37.6 Å². The van der Waals surface area contributed by atoms with Gasteiger partial charge in [0.15, 0.2) is 0 Å². The van der Waals surface area contributed by atoms with Crippen LogP contribution in [0.25, 0.3) is 0 Å². The minimum atomic E-state index is -0.647. The van der Waals surface area contributed by atoms with Gasteiger partial charge in [-0.25, -0.2) is 0 Å². The molecule has 3 heteroatoms. The highest BCUT2D eigenvalue weighted by Gasteiger charge is 2.27. The Labute approximate surface area is 120 Å². The van der Waals surface area contributed by atoms with Crippen LogP contribution in [0.1, 0.15) is 23.6 Å². The van der Waals surface area contributed by atoms with Crippen molar-refractivity contribution in [3.05, 3.63) is 59.2 Å². The van der Waals surface area contributed by atoms with Crippen molar-refractivity contribution in [2.45, 2.75) is 19.4 Å². The van der Waals surface area contributed by atoms with Crippen molar-refractivity contribution in [1.29, 1.82) is 0 Å². The minimum absolute atomic E-state index is 0.647. The summed E-state index contributed by atoms with van der Waals surface area (Å²) in [4.78, 5) is 0. The first-order valence-corrected chi connectivity index (χ1v) is 6.57. The predicted molar refractivity (Wildman–Crippen MR) is 81.4 cm³/mol. The van der Waals surface area contributed by atoms with Gasteiger partial charge >= 0.3 is 0 Å². The van der Waals surface area contributed by atoms with E-state index in [1.807, 2.05) is 50.2 Å². The van der Waals surface area contributed by atoms with Gasteiger partial charge in [-0.15, -0.1) is 0 Å². The van der Waals surface area contributed by atoms with Crippen LogP contribution in [0.4, 0.5) is 0 Å². The topological polar surface area (TPSA) is 44.5 Å². The molecule has 0 aliphatic rings. The Morgan fingerprint density at radius 2 is 1.75 bits per heavy atom. The van der Waals surface area contributed by atoms with E-state index in [0.29, 0.717) is 0 Å². The van der Waals surface area contributed by atoms with Crippen LogP contribution in [-0.2, 0) is 5.54 Å². The van der Waals surface area contributed by atoms with Crippen LogP contribution in [0.5, 0.6) is 11.5 Å². The zero-order valence-electron chi connectivity index (χ0n) is 12.4. The molecule has 0 saturated heterocycles. The lowest BCUT2D eigenvalue weighted by Crippen LogP contribution is -2.34. The predicted octanol–water partition coefficient (Wildman–Crippen LogP) is 3.23. The number of rotatable bonds is 4. The molecule has 1 atom stereocenters. The average molecular weight is 271 g/mol. The first kappa shape index (κ1) is 14.4. The fraction of sp³-hybridized carbons (Fsp3) is 0.294. The second-order valence-electron chi connectivity index (χ2n) is 5.14. The Balaban J connectivity index is 2.56. The van der Waals surface area contributed by atoms with E-state index in [-0.39, 0.29) is 0 Å². The molecule has 0 heterocycles. The van der Waals surface area contributed by atoms with E-state index in [9.17, 15) is 0 Å². The first-order valence-electron chi connectivity index (χ1n) is 6.57. The molecule has 0 radical (unpaired) electrons. The number of hydrogen-bond donors (Lipinski definition) is 1. The second kappa shape index (κ2) is 5.55. The van der Waals surface area contributed by atoms with Gasteiger partial charge in [-0.1, -0.05) is 29.8 Å². The fourth-order valence-corrected chi connectivity index (χ4v) is 2.33. The Bertz CT molecular complexity index is 606. The summed E-state index contributed by atoms with van der Waals surface area (Å²) in [5, 5.41) is 0. The molecule has 0 aromatic heterocycles. The lowest BCUT2D eigenvalue weighted by molar-refractivity contribution is 0.397. The number of benzene rings is 2. The summed E-state index contributed by atoms with van der Waals surface area (Å²) in [6, 6.07) is 13.9. The molecule has 3 nitrogen and oxygen atoms in total. The van der Waals surface area contributed by atoms with Gasteiger partial charge in [0.25, 0.3) is 0 Å². The maximum atomic E-state index is 6.59. The van der Waals surface area contributed by atoms with Gasteiger partial charge in [-0.3, -0.25) is 0 Å². The van der Waals surface area contributed by atoms with Crippen molar-refractivity contribution in [3.8, 4) is 11.5 Å². The number of methoxy groups -OCH3 is 2. The van der Waals surface area contributed by atoms with Crippen LogP contribution in [-0.4, -0.2) is 14.2 Å². The van der Waals surface area contributed by atoms with Crippen LogP contribution in [0.15, 0.2) is 42.5 Å². The molecule has 0 fully saturated rings. The van der Waals surface area contributed by atoms with Crippen molar-refractivity contribution in [1.82, 2.24) is 0 Å². The van der Waals surface area contributed by atoms with E-state index in [1.165, 1.54) is 0 Å². The first-order chi connectivity index (χ1) is 9.48. The van der Waals surface area contributed by atoms with Crippen LogP contribution < -0.4 is 15.2 Å². The highest BCUT2D eigenvalue weighted by atomic mass is 16.5. The number of aryl methyl sites for hydroxylation is 1. The van der Waals surface area contributed by atoms with Crippen molar-refractivity contribution in [2.75, 3.05) is 14.2 Å². The van der Waals surface area contributed by atoms with E-state index in [1.54, 1.807) is 14.2 Å². The van der Waals surface area contributed by atoms with E-state index in [0.717, 1.165) is 28.2 Å². The summed E-state index contributed by atoms with van der Waals surface area (Å²) in [7, 11) is 3.32. The molecule has 0 amide bonds. The molecular weight excluding hydrogens is 250 g/mol. The van der Waals surface area contributed by atoms with Crippen LogP contribution in [0.2, 0.25) is 0 Å². The molecule has 2 N–H and O–H groups in total. The summed E-state index contributed by atoms with van der Waals surface area (Å²) in [5.41, 5.74) is 9.05. The molecule has 2 aromatic carbocycles. The summed E-state index contributed by atoms with van der Waals surface area (Å²) < 4.78 is 10.7. The van der Waals surface area contributed by atoms with Gasteiger partial charge in [0.2, 0.25) is 0 Å². The van der Waals surface area contributed by atoms with E-state index in [4.69, 9.17) is 15.2 Å². The van der Waals surface area contributed by atoms with Crippen LogP contribution >= 0.6 is 0 Å². The van der Waals surface area contributed by atoms with Gasteiger partial charge < -0.3 is 15.2 Å². The lowest BCUT2D eigenvalue weighted by Gasteiger charge is -2.28. The standard InChI is InChI=1S/C17H21NO2/c1-12-8-9-16(20-4)15(10-12)17(2,18)13-6-5-7-14(11-13)19-3/h5-11H,18H2,1-4H3. The Morgan fingerprint density at radius 1 is 1.00 bits per heavy atom. The molecule has 0 aliphatic heterocycles. The molecular formula is C17H21NO2. The Kier molecular flexibility index (Phi) is 4.00. The van der Waals surface area contributed by atoms with Crippen LogP contribution in [0, 0.1) is 6.92 Å². The molecule has 0 spiro atoms. The monoisotopic (exact) mass is 271 g/mol. The molecule has 1 unspecified atom stereocenters. The molecule has 0 saturated carbocycles. The summed E-state index contributed by atoms with van der Waals surface area (Å²) >= 11 is 0. The summed E-state index contributed by atoms with van der Waals surface area (Å²) in [6.45, 7) is 4.03. The largest absolute Gasteiger partial charge is 0.497 e. The zero-order valence-corrected chi connectivity index (χ0v) is 12.4. The van der Waals surface area contributed by atoms with Crippen LogP contribution in [0.3, 0.4) is 0 Å². The Morgan fingerprint density at radius 3 is 2.40 bits per heavy atom. The molecule has 0 aliphatic carbocycles. The smallest absolute Gasteiger partial charge is 0.124 e. The number of hydrogen-bond acceptors (Lipinski definition) is 3. The highest BCUT2D eigenvalue weighted by Crippen LogP contribution is 2.35. The van der Waals surface area contributed by atoms with Gasteiger partial charge in [0.1, 0.15) is 11.5 Å². The minimum Gasteiger partial charge on any atom is -0.497 e. The average Bonchev–Trinajstić information content (AvgIpc) is 2.47. The second-order valence-corrected chi connectivity index (χ2v) is 5.14. The quantitative estimate of drug-likeness (QED) is 0.928. The van der Waals surface area contributed by atoms with Crippen molar-refractivity contribution >= 4 is 0 Å². The SMILES string of the molecule is COc1cccc(C(C)(N)c2cc(C)ccc2OC)c1. The Hall–Kier alpha value is -2.00. The molecule has 20 heavy (non-hydrogen) atoms. The highest BCUT2D eigenvalue weighted by molar-refractivity contribution is 5.48. The fourth-order valence-electron chi connectivity index (χ4n) is 2.33. The lowest BCUT2D eigenvalue weighted by atomic mass is 9.84. The molecule has 0 bridgehead atoms. The molecule has 2 rings (SSSR count). The summed E-state index contributed by atoms with van der Waals surface area (Å²) in [5.74, 6) is 1.59. The van der Waals surface area contributed by atoms with E-state index in [2.05, 4.69) is 6.07 Å². The maximum Gasteiger partial charge on any atom is 0.124 e. The van der Waals surface area contributed by atoms with E-state index >= 15 is 0 Å². The number of ether oxygens (including phenoxy) is 2. The third-order valence-corrected chi connectivity index (χ3v) is 3.58. The maximum absolute atomic E-state index is 6.59. The van der Waals surface area contributed by atoms with Crippen molar-refractivity contribution < 1.29 is 9.47 Å². The van der Waals surface area contributed by atoms with E-state index < -0.39 is 5.54 Å². The van der Waals surface area contributed by atoms with Crippen molar-refractivity contribution in [3.63, 3.8) is 0 Å². The van der Waals surface area contributed by atoms with Gasteiger partial charge in [-0.2, -0.15) is 0 Å². The summed E-state index contributed by atoms with van der Waals surface area (Å²) in [6.07, 6.45) is 0. The third-order valence-electron chi connectivity index (χ3n) is 3.58. The van der Waals surface area contributed by atoms with Gasteiger partial charge in [0, 0.05) is 5.56 Å². The van der Waals surface area contributed by atoms with Crippen molar-refractivity contribution in [2.24, 2.45) is 5.73 Å². The number of nitrogens with two attached hydrogens (primary N) is 1. The third kappa shape index (κ3) is 2.63. The normalized spacial score (nSPS) is 13.7. The molecule has 2 aromatic rings. The molecule has 106 valence electrons. The van der Waals surface area contributed by atoms with Gasteiger partial charge in [0.05, 0.1) is 19.8 Å². The zero-order chi connectivity index (χ0) is 14.8.